The summed E-state index contributed by atoms with van der Waals surface area (Å²) in [5.74, 6) is 0.226. The third-order valence-electron chi connectivity index (χ3n) is 6.70. The third-order valence-corrected chi connectivity index (χ3v) is 6.70. The number of hydrogen-bond acceptors (Lipinski definition) is 5. The molecular formula is C26H32N4O4. The molecule has 1 atom stereocenters. The lowest BCUT2D eigenvalue weighted by Gasteiger charge is -2.25. The molecule has 2 saturated heterocycles. The van der Waals surface area contributed by atoms with Gasteiger partial charge in [0.1, 0.15) is 17.8 Å². The van der Waals surface area contributed by atoms with Crippen molar-refractivity contribution in [2.24, 2.45) is 0 Å². The minimum absolute atomic E-state index is 0.206. The Morgan fingerprint density at radius 2 is 1.71 bits per heavy atom. The zero-order chi connectivity index (χ0) is 24.3. The van der Waals surface area contributed by atoms with Crippen LogP contribution in [0.5, 0.6) is 5.75 Å². The molecule has 8 nitrogen and oxygen atoms in total. The highest BCUT2D eigenvalue weighted by Crippen LogP contribution is 2.29. The fourth-order valence-corrected chi connectivity index (χ4v) is 4.53. The normalized spacial score (nSPS) is 21.4. The van der Waals surface area contributed by atoms with Gasteiger partial charge in [0.2, 0.25) is 5.91 Å². The van der Waals surface area contributed by atoms with Gasteiger partial charge < -0.3 is 15.0 Å². The maximum Gasteiger partial charge on any atom is 0.325 e. The highest BCUT2D eigenvalue weighted by molar-refractivity contribution is 6.09. The molecule has 0 saturated carbocycles. The molecule has 2 aliphatic heterocycles. The number of methoxy groups -OCH3 is 1. The van der Waals surface area contributed by atoms with Crippen molar-refractivity contribution in [1.82, 2.24) is 20.0 Å². The lowest BCUT2D eigenvalue weighted by molar-refractivity contribution is -0.138. The SMILES string of the molecule is COc1ccc(CN2CCCN(C(=O)CN3C(=O)NC(C)(c4ccc(C)cc4)C3=O)CC2)cc1. The summed E-state index contributed by atoms with van der Waals surface area (Å²) >= 11 is 0. The third kappa shape index (κ3) is 4.92. The number of carbonyl (C=O) groups is 3. The van der Waals surface area contributed by atoms with Crippen LogP contribution in [-0.4, -0.2) is 72.4 Å². The number of ether oxygens (including phenoxy) is 1. The number of aryl methyl sites for hydroxylation is 1. The van der Waals surface area contributed by atoms with Crippen LogP contribution in [0.2, 0.25) is 0 Å². The molecule has 1 N–H and O–H groups in total. The Morgan fingerprint density at radius 3 is 2.38 bits per heavy atom. The van der Waals surface area contributed by atoms with Crippen molar-refractivity contribution in [3.8, 4) is 5.75 Å². The Hall–Kier alpha value is -3.39. The van der Waals surface area contributed by atoms with Crippen LogP contribution in [-0.2, 0) is 21.7 Å². The molecule has 0 spiro atoms. The fourth-order valence-electron chi connectivity index (χ4n) is 4.53. The summed E-state index contributed by atoms with van der Waals surface area (Å²) in [5.41, 5.74) is 1.79. The van der Waals surface area contributed by atoms with Crippen molar-refractivity contribution < 1.29 is 19.1 Å². The van der Waals surface area contributed by atoms with E-state index in [1.54, 1.807) is 18.9 Å². The summed E-state index contributed by atoms with van der Waals surface area (Å²) in [5, 5.41) is 2.78. The maximum absolute atomic E-state index is 13.2. The van der Waals surface area contributed by atoms with Gasteiger partial charge in [0, 0.05) is 32.7 Å². The highest BCUT2D eigenvalue weighted by Gasteiger charge is 2.49. The summed E-state index contributed by atoms with van der Waals surface area (Å²) < 4.78 is 5.22. The van der Waals surface area contributed by atoms with Gasteiger partial charge in [-0.3, -0.25) is 19.4 Å². The number of nitrogens with zero attached hydrogens (tertiary/aromatic N) is 3. The first-order valence-corrected chi connectivity index (χ1v) is 11.6. The smallest absolute Gasteiger partial charge is 0.325 e. The Balaban J connectivity index is 1.35. The first-order chi connectivity index (χ1) is 16.3. The van der Waals surface area contributed by atoms with Gasteiger partial charge >= 0.3 is 6.03 Å². The van der Waals surface area contributed by atoms with E-state index in [1.807, 2.05) is 43.3 Å². The largest absolute Gasteiger partial charge is 0.497 e. The second-order valence-corrected chi connectivity index (χ2v) is 9.17. The van der Waals surface area contributed by atoms with Gasteiger partial charge in [-0.1, -0.05) is 42.0 Å². The molecule has 2 fully saturated rings. The lowest BCUT2D eigenvalue weighted by Crippen LogP contribution is -2.45. The van der Waals surface area contributed by atoms with Crippen LogP contribution < -0.4 is 10.1 Å². The topological polar surface area (TPSA) is 82.2 Å². The van der Waals surface area contributed by atoms with Crippen LogP contribution in [0.1, 0.15) is 30.0 Å². The number of imide groups is 1. The summed E-state index contributed by atoms with van der Waals surface area (Å²) in [6.07, 6.45) is 0.836. The molecule has 1 unspecified atom stereocenters. The number of hydrogen-bond donors (Lipinski definition) is 1. The Labute approximate surface area is 200 Å². The van der Waals surface area contributed by atoms with Gasteiger partial charge in [-0.25, -0.2) is 4.79 Å². The lowest BCUT2D eigenvalue weighted by atomic mass is 9.91. The molecule has 8 heteroatoms. The first kappa shape index (κ1) is 23.8. The quantitative estimate of drug-likeness (QED) is 0.665. The maximum atomic E-state index is 13.2. The van der Waals surface area contributed by atoms with E-state index in [2.05, 4.69) is 22.3 Å². The average molecular weight is 465 g/mol. The molecule has 0 aliphatic carbocycles. The van der Waals surface area contributed by atoms with E-state index in [9.17, 15) is 14.4 Å². The molecule has 2 aromatic rings. The molecule has 4 amide bonds. The molecule has 0 bridgehead atoms. The number of nitrogens with one attached hydrogen (secondary N) is 1. The molecule has 4 rings (SSSR count). The molecule has 180 valence electrons. The predicted octanol–water partition coefficient (Wildman–Crippen LogP) is 2.51. The monoisotopic (exact) mass is 464 g/mol. The van der Waals surface area contributed by atoms with Crippen LogP contribution in [0.3, 0.4) is 0 Å². The van der Waals surface area contributed by atoms with Crippen molar-refractivity contribution in [3.63, 3.8) is 0 Å². The standard InChI is InChI=1S/C26H32N4O4/c1-19-5-9-21(10-6-19)26(2)24(32)30(25(33)27-26)18-23(31)29-14-4-13-28(15-16-29)17-20-7-11-22(34-3)12-8-20/h5-12H,4,13-18H2,1-3H3,(H,27,33). The summed E-state index contributed by atoms with van der Waals surface area (Å²) in [7, 11) is 1.65. The van der Waals surface area contributed by atoms with E-state index >= 15 is 0 Å². The minimum Gasteiger partial charge on any atom is -0.497 e. The summed E-state index contributed by atoms with van der Waals surface area (Å²) in [6.45, 7) is 6.99. The molecule has 2 heterocycles. The van der Waals surface area contributed by atoms with Crippen molar-refractivity contribution in [3.05, 3.63) is 65.2 Å². The van der Waals surface area contributed by atoms with E-state index in [1.165, 1.54) is 5.56 Å². The van der Waals surface area contributed by atoms with Crippen LogP contribution in [0.15, 0.2) is 48.5 Å². The van der Waals surface area contributed by atoms with Crippen molar-refractivity contribution in [1.29, 1.82) is 0 Å². The summed E-state index contributed by atoms with van der Waals surface area (Å²) in [6, 6.07) is 15.0. The van der Waals surface area contributed by atoms with E-state index in [-0.39, 0.29) is 12.5 Å². The van der Waals surface area contributed by atoms with Gasteiger partial charge in [0.15, 0.2) is 0 Å². The van der Waals surface area contributed by atoms with Gasteiger partial charge in [0.25, 0.3) is 5.91 Å². The number of benzene rings is 2. The number of rotatable bonds is 6. The van der Waals surface area contributed by atoms with Crippen molar-refractivity contribution in [2.45, 2.75) is 32.4 Å². The molecular weight excluding hydrogens is 432 g/mol. The van der Waals surface area contributed by atoms with Crippen molar-refractivity contribution >= 4 is 17.8 Å². The molecule has 2 aromatic carbocycles. The summed E-state index contributed by atoms with van der Waals surface area (Å²) in [4.78, 5) is 44.0. The van der Waals surface area contributed by atoms with E-state index in [4.69, 9.17) is 4.74 Å². The number of carbonyl (C=O) groups excluding carboxylic acids is 3. The van der Waals surface area contributed by atoms with Gasteiger partial charge in [-0.15, -0.1) is 0 Å². The van der Waals surface area contributed by atoms with Gasteiger partial charge in [0.05, 0.1) is 7.11 Å². The van der Waals surface area contributed by atoms with Crippen LogP contribution in [0, 0.1) is 6.92 Å². The van der Waals surface area contributed by atoms with Gasteiger partial charge in [-0.2, -0.15) is 0 Å². The predicted molar refractivity (Wildman–Crippen MR) is 128 cm³/mol. The fraction of sp³-hybridized carbons (Fsp3) is 0.423. The minimum atomic E-state index is -1.17. The second-order valence-electron chi connectivity index (χ2n) is 9.17. The first-order valence-electron chi connectivity index (χ1n) is 11.6. The Kier molecular flexibility index (Phi) is 6.88. The molecule has 2 aliphatic rings. The Bertz CT molecular complexity index is 1050. The van der Waals surface area contributed by atoms with E-state index < -0.39 is 17.5 Å². The highest BCUT2D eigenvalue weighted by atomic mass is 16.5. The molecule has 0 aromatic heterocycles. The number of amides is 4. The second kappa shape index (κ2) is 9.85. The van der Waals surface area contributed by atoms with Crippen LogP contribution in [0.4, 0.5) is 4.79 Å². The van der Waals surface area contributed by atoms with Gasteiger partial charge in [-0.05, 0) is 43.5 Å². The zero-order valence-electron chi connectivity index (χ0n) is 20.0. The van der Waals surface area contributed by atoms with Crippen molar-refractivity contribution in [2.75, 3.05) is 39.8 Å². The zero-order valence-corrected chi connectivity index (χ0v) is 20.0. The van der Waals surface area contributed by atoms with Crippen LogP contribution in [0.25, 0.3) is 0 Å². The van der Waals surface area contributed by atoms with E-state index in [0.29, 0.717) is 18.7 Å². The number of urea groups is 1. The molecule has 34 heavy (non-hydrogen) atoms. The van der Waals surface area contributed by atoms with Crippen LogP contribution >= 0.6 is 0 Å². The average Bonchev–Trinajstić information content (AvgIpc) is 2.98. The molecule has 0 radical (unpaired) electrons. The van der Waals surface area contributed by atoms with E-state index in [0.717, 1.165) is 42.3 Å². The Morgan fingerprint density at radius 1 is 1.00 bits per heavy atom.